The molecule has 1 aliphatic rings. The topological polar surface area (TPSA) is 98.0 Å². The Bertz CT molecular complexity index is 1080. The Kier molecular flexibility index (Phi) is 5.17. The van der Waals surface area contributed by atoms with Crippen LogP contribution in [0, 0.1) is 0 Å². The van der Waals surface area contributed by atoms with Crippen LogP contribution in [-0.2, 0) is 7.05 Å². The number of ether oxygens (including phenoxy) is 1. The lowest BCUT2D eigenvalue weighted by Crippen LogP contribution is -2.66. The minimum absolute atomic E-state index is 0.0307. The molecule has 0 spiro atoms. The predicted octanol–water partition coefficient (Wildman–Crippen LogP) is 3.28. The summed E-state index contributed by atoms with van der Waals surface area (Å²) in [7, 11) is 1.82. The quantitative estimate of drug-likeness (QED) is 0.661. The van der Waals surface area contributed by atoms with E-state index < -0.39 is 17.8 Å². The van der Waals surface area contributed by atoms with E-state index in [1.807, 2.05) is 47.0 Å². The molecule has 31 heavy (non-hydrogen) atoms. The molecule has 1 aliphatic heterocycles. The summed E-state index contributed by atoms with van der Waals surface area (Å²) in [6.45, 7) is 7.70. The fourth-order valence-corrected chi connectivity index (χ4v) is 4.19. The number of aromatic nitrogens is 5. The van der Waals surface area contributed by atoms with Gasteiger partial charge in [0.15, 0.2) is 6.17 Å². The highest BCUT2D eigenvalue weighted by molar-refractivity contribution is 5.68. The maximum Gasteiger partial charge on any atom is 0.233 e. The molecule has 1 fully saturated rings. The molecule has 4 heterocycles. The molecule has 0 radical (unpaired) electrons. The van der Waals surface area contributed by atoms with Crippen LogP contribution in [0.4, 0.5) is 4.39 Å². The predicted molar refractivity (Wildman–Crippen MR) is 114 cm³/mol. The van der Waals surface area contributed by atoms with Gasteiger partial charge in [-0.05, 0) is 45.9 Å². The molecule has 4 rings (SSSR count). The van der Waals surface area contributed by atoms with Crippen molar-refractivity contribution in [3.8, 4) is 34.3 Å². The Labute approximate surface area is 180 Å². The first-order valence-electron chi connectivity index (χ1n) is 10.2. The third-order valence-electron chi connectivity index (χ3n) is 5.42. The van der Waals surface area contributed by atoms with Crippen molar-refractivity contribution in [3.05, 3.63) is 36.7 Å². The summed E-state index contributed by atoms with van der Waals surface area (Å²) in [6.07, 6.45) is 2.09. The first-order valence-corrected chi connectivity index (χ1v) is 10.2. The summed E-state index contributed by atoms with van der Waals surface area (Å²) in [6, 6.07) is 6.69. The van der Waals surface area contributed by atoms with Crippen molar-refractivity contribution in [2.45, 2.75) is 57.5 Å². The van der Waals surface area contributed by atoms with E-state index in [-0.39, 0.29) is 17.2 Å². The maximum atomic E-state index is 14.9. The zero-order valence-electron chi connectivity index (χ0n) is 18.3. The van der Waals surface area contributed by atoms with Crippen LogP contribution in [0.2, 0.25) is 0 Å². The molecular weight excluding hydrogens is 399 g/mol. The molecular formula is C22H27FN6O2. The number of nitrogens with zero attached hydrogens (tertiary/aromatic N) is 5. The zero-order chi connectivity index (χ0) is 22.4. The smallest absolute Gasteiger partial charge is 0.233 e. The van der Waals surface area contributed by atoms with E-state index >= 15 is 0 Å². The second kappa shape index (κ2) is 7.56. The highest BCUT2D eigenvalue weighted by Crippen LogP contribution is 2.34. The molecule has 1 saturated heterocycles. The Morgan fingerprint density at radius 1 is 1.16 bits per heavy atom. The largest absolute Gasteiger partial charge is 0.506 e. The third-order valence-corrected chi connectivity index (χ3v) is 5.42. The van der Waals surface area contributed by atoms with Gasteiger partial charge in [-0.15, -0.1) is 10.2 Å². The van der Waals surface area contributed by atoms with Gasteiger partial charge in [-0.25, -0.2) is 9.37 Å². The number of halogens is 1. The highest BCUT2D eigenvalue weighted by Gasteiger charge is 2.47. The van der Waals surface area contributed by atoms with Gasteiger partial charge in [-0.1, -0.05) is 0 Å². The van der Waals surface area contributed by atoms with Crippen LogP contribution in [0.1, 0.15) is 34.1 Å². The van der Waals surface area contributed by atoms with Crippen LogP contribution >= 0.6 is 0 Å². The maximum absolute atomic E-state index is 14.9. The van der Waals surface area contributed by atoms with Gasteiger partial charge in [0.1, 0.15) is 23.2 Å². The van der Waals surface area contributed by atoms with E-state index in [1.54, 1.807) is 29.1 Å². The molecule has 9 heteroatoms. The lowest BCUT2D eigenvalue weighted by atomic mass is 9.79. The molecule has 0 aromatic carbocycles. The molecule has 8 nitrogen and oxygen atoms in total. The van der Waals surface area contributed by atoms with Crippen LogP contribution in [0.3, 0.4) is 0 Å². The second-order valence-electron chi connectivity index (χ2n) is 9.22. The number of piperidine rings is 1. The van der Waals surface area contributed by atoms with Crippen molar-refractivity contribution in [1.82, 2.24) is 30.3 Å². The molecule has 2 atom stereocenters. The molecule has 3 aromatic rings. The van der Waals surface area contributed by atoms with Crippen molar-refractivity contribution >= 4 is 0 Å². The van der Waals surface area contributed by atoms with E-state index in [4.69, 9.17) is 4.74 Å². The third kappa shape index (κ3) is 4.36. The molecule has 0 unspecified atom stereocenters. The van der Waals surface area contributed by atoms with E-state index in [0.29, 0.717) is 29.1 Å². The number of hydrogen-bond acceptors (Lipinski definition) is 7. The zero-order valence-corrected chi connectivity index (χ0v) is 18.3. The number of nitrogens with one attached hydrogen (secondary N) is 1. The van der Waals surface area contributed by atoms with Gasteiger partial charge in [0, 0.05) is 48.6 Å². The summed E-state index contributed by atoms with van der Waals surface area (Å²) >= 11 is 0. The molecule has 0 saturated carbocycles. The monoisotopic (exact) mass is 426 g/mol. The van der Waals surface area contributed by atoms with Crippen LogP contribution in [0.5, 0.6) is 11.6 Å². The van der Waals surface area contributed by atoms with Crippen molar-refractivity contribution < 1.29 is 14.2 Å². The lowest BCUT2D eigenvalue weighted by Gasteiger charge is -2.48. The van der Waals surface area contributed by atoms with Gasteiger partial charge in [0.25, 0.3) is 0 Å². The van der Waals surface area contributed by atoms with Gasteiger partial charge >= 0.3 is 0 Å². The molecule has 3 aromatic heterocycles. The summed E-state index contributed by atoms with van der Waals surface area (Å²) in [5, 5.41) is 26.3. The van der Waals surface area contributed by atoms with Gasteiger partial charge in [-0.2, -0.15) is 5.10 Å². The van der Waals surface area contributed by atoms with Crippen molar-refractivity contribution in [1.29, 1.82) is 0 Å². The van der Waals surface area contributed by atoms with Gasteiger partial charge < -0.3 is 15.2 Å². The van der Waals surface area contributed by atoms with Gasteiger partial charge in [0.2, 0.25) is 5.88 Å². The average Bonchev–Trinajstić information content (AvgIpc) is 3.12. The standard InChI is InChI=1S/C22H27FN6O2/c1-21(2)11-17(20(23)22(3,4)28-21)31-18-7-6-15(25-26-18)19-16(30)10-13(12-24-19)14-8-9-29(5)27-14/h6-10,12,17,20,28,30H,11H2,1-5H3/t17-,20-/m0/s1. The number of rotatable bonds is 4. The number of hydrogen-bond donors (Lipinski definition) is 2. The number of aromatic hydroxyl groups is 1. The van der Waals surface area contributed by atoms with E-state index in [9.17, 15) is 9.50 Å². The SMILES string of the molecule is Cn1ccc(-c2cnc(-c3ccc(O[C@H]4CC(C)(C)NC(C)(C)[C@H]4F)nn3)c(O)c2)n1. The van der Waals surface area contributed by atoms with Crippen LogP contribution in [0.15, 0.2) is 36.7 Å². The first kappa shape index (κ1) is 21.2. The van der Waals surface area contributed by atoms with E-state index in [0.717, 1.165) is 0 Å². The van der Waals surface area contributed by atoms with Crippen LogP contribution in [0.25, 0.3) is 22.6 Å². The summed E-state index contributed by atoms with van der Waals surface area (Å²) in [5.41, 5.74) is 1.10. The molecule has 2 N–H and O–H groups in total. The first-order chi connectivity index (χ1) is 14.5. The Balaban J connectivity index is 1.52. The van der Waals surface area contributed by atoms with Crippen LogP contribution < -0.4 is 10.1 Å². The van der Waals surface area contributed by atoms with Gasteiger partial charge in [-0.3, -0.25) is 4.68 Å². The summed E-state index contributed by atoms with van der Waals surface area (Å²) < 4.78 is 22.5. The van der Waals surface area contributed by atoms with Crippen molar-refractivity contribution in [2.24, 2.45) is 7.05 Å². The minimum atomic E-state index is -1.20. The van der Waals surface area contributed by atoms with Crippen LogP contribution in [-0.4, -0.2) is 53.4 Å². The van der Waals surface area contributed by atoms with E-state index in [2.05, 4.69) is 25.6 Å². The second-order valence-corrected chi connectivity index (χ2v) is 9.22. The average molecular weight is 426 g/mol. The fraction of sp³-hybridized carbons (Fsp3) is 0.455. The molecule has 0 aliphatic carbocycles. The Morgan fingerprint density at radius 3 is 2.55 bits per heavy atom. The number of alkyl halides is 1. The summed E-state index contributed by atoms with van der Waals surface area (Å²) in [4.78, 5) is 4.32. The Hall–Kier alpha value is -3.07. The molecule has 164 valence electrons. The summed E-state index contributed by atoms with van der Waals surface area (Å²) in [5.74, 6) is 0.200. The fourth-order valence-electron chi connectivity index (χ4n) is 4.19. The van der Waals surface area contributed by atoms with Crippen molar-refractivity contribution in [3.63, 3.8) is 0 Å². The lowest BCUT2D eigenvalue weighted by molar-refractivity contribution is -0.0281. The molecule has 0 amide bonds. The molecule has 0 bridgehead atoms. The number of aryl methyl sites for hydroxylation is 1. The normalized spacial score (nSPS) is 22.3. The van der Waals surface area contributed by atoms with Gasteiger partial charge in [0.05, 0.1) is 5.69 Å². The Morgan fingerprint density at radius 2 is 1.94 bits per heavy atom. The van der Waals surface area contributed by atoms with E-state index in [1.165, 1.54) is 0 Å². The number of pyridine rings is 1. The minimum Gasteiger partial charge on any atom is -0.506 e. The highest BCUT2D eigenvalue weighted by atomic mass is 19.1. The van der Waals surface area contributed by atoms with Crippen molar-refractivity contribution in [2.75, 3.05) is 0 Å².